The Morgan fingerprint density at radius 3 is 2.29 bits per heavy atom. The van der Waals surface area contributed by atoms with Crippen LogP contribution in [-0.4, -0.2) is 16.2 Å². The zero-order chi connectivity index (χ0) is 12.8. The number of hydrogen-bond acceptors (Lipinski definition) is 3. The fraction of sp³-hybridized carbons (Fsp3) is 0.583. The Balaban J connectivity index is 2.39. The fourth-order valence-electron chi connectivity index (χ4n) is 1.62. The summed E-state index contributed by atoms with van der Waals surface area (Å²) in [5, 5.41) is 0. The molecular formula is C12H16BrNO3. The van der Waals surface area contributed by atoms with E-state index in [2.05, 4.69) is 20.9 Å². The predicted octanol–water partition coefficient (Wildman–Crippen LogP) is 2.74. The van der Waals surface area contributed by atoms with Gasteiger partial charge in [-0.1, -0.05) is 0 Å². The minimum absolute atomic E-state index is 0.188. The Morgan fingerprint density at radius 2 is 1.76 bits per heavy atom. The van der Waals surface area contributed by atoms with E-state index in [1.807, 2.05) is 27.7 Å². The quantitative estimate of drug-likeness (QED) is 0.868. The number of rotatable bonds is 1. The van der Waals surface area contributed by atoms with E-state index in [4.69, 9.17) is 9.47 Å². The molecule has 5 heteroatoms. The van der Waals surface area contributed by atoms with Gasteiger partial charge < -0.3 is 14.5 Å². The van der Waals surface area contributed by atoms with E-state index in [1.165, 1.54) is 0 Å². The lowest BCUT2D eigenvalue weighted by molar-refractivity contribution is -0.0904. The number of halogens is 1. The summed E-state index contributed by atoms with van der Waals surface area (Å²) in [6.45, 7) is 7.83. The Kier molecular flexibility index (Phi) is 2.96. The first kappa shape index (κ1) is 12.8. The third-order valence-corrected chi connectivity index (χ3v) is 3.86. The molecule has 0 saturated carbocycles. The highest BCUT2D eigenvalue weighted by molar-refractivity contribution is 9.10. The molecule has 0 aromatic carbocycles. The van der Waals surface area contributed by atoms with Gasteiger partial charge in [0, 0.05) is 10.7 Å². The van der Waals surface area contributed by atoms with Crippen LogP contribution in [0.15, 0.2) is 21.5 Å². The first-order chi connectivity index (χ1) is 7.73. The maximum Gasteiger partial charge on any atom is 0.256 e. The van der Waals surface area contributed by atoms with Gasteiger partial charge >= 0.3 is 0 Å². The summed E-state index contributed by atoms with van der Waals surface area (Å²) in [5.41, 5.74) is -0.580. The first-order valence-corrected chi connectivity index (χ1v) is 6.26. The molecule has 1 saturated heterocycles. The SMILES string of the molecule is CC1(C)OC(c2cc(Br)c[nH]c2=O)OC1(C)C. The van der Waals surface area contributed by atoms with Crippen molar-refractivity contribution in [2.24, 2.45) is 0 Å². The third kappa shape index (κ3) is 2.19. The van der Waals surface area contributed by atoms with Gasteiger partial charge in [0.1, 0.15) is 0 Å². The summed E-state index contributed by atoms with van der Waals surface area (Å²) in [4.78, 5) is 14.4. The molecule has 1 aromatic rings. The van der Waals surface area contributed by atoms with Crippen LogP contribution in [0.2, 0.25) is 0 Å². The van der Waals surface area contributed by atoms with Gasteiger partial charge in [-0.2, -0.15) is 0 Å². The van der Waals surface area contributed by atoms with Crippen LogP contribution in [0.3, 0.4) is 0 Å². The van der Waals surface area contributed by atoms with E-state index in [-0.39, 0.29) is 5.56 Å². The topological polar surface area (TPSA) is 51.3 Å². The molecule has 94 valence electrons. The summed E-state index contributed by atoms with van der Waals surface area (Å²) < 4.78 is 12.4. The molecule has 2 heterocycles. The number of aromatic nitrogens is 1. The maximum atomic E-state index is 11.7. The van der Waals surface area contributed by atoms with Crippen molar-refractivity contribution in [2.75, 3.05) is 0 Å². The molecule has 1 fully saturated rings. The van der Waals surface area contributed by atoms with E-state index in [9.17, 15) is 4.79 Å². The molecule has 2 rings (SSSR count). The van der Waals surface area contributed by atoms with Crippen molar-refractivity contribution < 1.29 is 9.47 Å². The van der Waals surface area contributed by atoms with Crippen molar-refractivity contribution in [3.05, 3.63) is 32.7 Å². The zero-order valence-electron chi connectivity index (χ0n) is 10.3. The minimum Gasteiger partial charge on any atom is -0.339 e. The number of aromatic amines is 1. The molecule has 4 nitrogen and oxygen atoms in total. The van der Waals surface area contributed by atoms with Gasteiger partial charge in [-0.05, 0) is 49.7 Å². The van der Waals surface area contributed by atoms with Crippen molar-refractivity contribution in [1.82, 2.24) is 4.98 Å². The largest absolute Gasteiger partial charge is 0.339 e. The molecule has 1 aliphatic rings. The van der Waals surface area contributed by atoms with Crippen LogP contribution in [0.4, 0.5) is 0 Å². The normalized spacial score (nSPS) is 22.9. The van der Waals surface area contributed by atoms with Crippen LogP contribution in [0.25, 0.3) is 0 Å². The summed E-state index contributed by atoms with van der Waals surface area (Å²) >= 11 is 3.32. The molecule has 0 unspecified atom stereocenters. The van der Waals surface area contributed by atoms with Crippen LogP contribution in [-0.2, 0) is 9.47 Å². The molecule has 1 N–H and O–H groups in total. The van der Waals surface area contributed by atoms with Crippen LogP contribution in [0.5, 0.6) is 0 Å². The highest BCUT2D eigenvalue weighted by atomic mass is 79.9. The number of hydrogen-bond donors (Lipinski definition) is 1. The van der Waals surface area contributed by atoms with Crippen molar-refractivity contribution in [3.8, 4) is 0 Å². The molecule has 0 spiro atoms. The van der Waals surface area contributed by atoms with E-state index in [0.29, 0.717) is 5.56 Å². The number of H-pyrrole nitrogens is 1. The Hall–Kier alpha value is -0.650. The molecule has 0 bridgehead atoms. The van der Waals surface area contributed by atoms with Gasteiger partial charge in [0.25, 0.3) is 5.56 Å². The lowest BCUT2D eigenvalue weighted by Crippen LogP contribution is -2.41. The lowest BCUT2D eigenvalue weighted by atomic mass is 9.90. The van der Waals surface area contributed by atoms with Gasteiger partial charge in [-0.3, -0.25) is 4.79 Å². The highest BCUT2D eigenvalue weighted by Gasteiger charge is 2.50. The Bertz CT molecular complexity index is 477. The summed E-state index contributed by atoms with van der Waals surface area (Å²) in [7, 11) is 0. The van der Waals surface area contributed by atoms with E-state index in [0.717, 1.165) is 4.47 Å². The second kappa shape index (κ2) is 3.93. The van der Waals surface area contributed by atoms with Crippen molar-refractivity contribution >= 4 is 15.9 Å². The van der Waals surface area contributed by atoms with Gasteiger partial charge in [-0.15, -0.1) is 0 Å². The molecule has 0 aliphatic carbocycles. The summed E-state index contributed by atoms with van der Waals surface area (Å²) in [5.74, 6) is 0. The molecule has 1 aliphatic heterocycles. The van der Waals surface area contributed by atoms with Gasteiger partial charge in [0.2, 0.25) is 0 Å². The highest BCUT2D eigenvalue weighted by Crippen LogP contribution is 2.44. The van der Waals surface area contributed by atoms with Crippen molar-refractivity contribution in [1.29, 1.82) is 0 Å². The average molecular weight is 302 g/mol. The second-order valence-corrected chi connectivity index (χ2v) is 6.11. The maximum absolute atomic E-state index is 11.7. The third-order valence-electron chi connectivity index (χ3n) is 3.40. The second-order valence-electron chi connectivity index (χ2n) is 5.19. The smallest absolute Gasteiger partial charge is 0.256 e. The van der Waals surface area contributed by atoms with Gasteiger partial charge in [-0.25, -0.2) is 0 Å². The Morgan fingerprint density at radius 1 is 1.24 bits per heavy atom. The van der Waals surface area contributed by atoms with E-state index >= 15 is 0 Å². The molecular weight excluding hydrogens is 286 g/mol. The monoisotopic (exact) mass is 301 g/mol. The molecule has 0 atom stereocenters. The van der Waals surface area contributed by atoms with Crippen LogP contribution in [0.1, 0.15) is 39.5 Å². The molecule has 0 amide bonds. The fourth-order valence-corrected chi connectivity index (χ4v) is 1.98. The standard InChI is InChI=1S/C12H16BrNO3/c1-11(2)12(3,4)17-10(16-11)8-5-7(13)6-14-9(8)15/h5-6,10H,1-4H3,(H,14,15). The van der Waals surface area contributed by atoms with Crippen LogP contribution < -0.4 is 5.56 Å². The number of pyridine rings is 1. The van der Waals surface area contributed by atoms with Crippen molar-refractivity contribution in [3.63, 3.8) is 0 Å². The average Bonchev–Trinajstić information content (AvgIpc) is 2.40. The lowest BCUT2D eigenvalue weighted by Gasteiger charge is -2.30. The van der Waals surface area contributed by atoms with E-state index < -0.39 is 17.5 Å². The van der Waals surface area contributed by atoms with Crippen LogP contribution in [0, 0.1) is 0 Å². The molecule has 0 radical (unpaired) electrons. The van der Waals surface area contributed by atoms with Gasteiger partial charge in [0.15, 0.2) is 6.29 Å². The predicted molar refractivity (Wildman–Crippen MR) is 67.8 cm³/mol. The number of nitrogens with one attached hydrogen (secondary N) is 1. The minimum atomic E-state index is -0.624. The van der Waals surface area contributed by atoms with Gasteiger partial charge in [0.05, 0.1) is 16.8 Å². The first-order valence-electron chi connectivity index (χ1n) is 5.47. The number of ether oxygens (including phenoxy) is 2. The van der Waals surface area contributed by atoms with Crippen LogP contribution >= 0.6 is 15.9 Å². The summed E-state index contributed by atoms with van der Waals surface area (Å²) in [6, 6.07) is 1.72. The Labute approximate surface area is 108 Å². The zero-order valence-corrected chi connectivity index (χ0v) is 11.9. The molecule has 17 heavy (non-hydrogen) atoms. The van der Waals surface area contributed by atoms with E-state index in [1.54, 1.807) is 12.3 Å². The molecule has 1 aromatic heterocycles. The van der Waals surface area contributed by atoms with Crippen molar-refractivity contribution in [2.45, 2.75) is 45.2 Å². The summed E-state index contributed by atoms with van der Waals surface area (Å²) in [6.07, 6.45) is 0.970.